The van der Waals surface area contributed by atoms with Crippen LogP contribution in [0.3, 0.4) is 0 Å². The molecule has 27 heavy (non-hydrogen) atoms. The van der Waals surface area contributed by atoms with E-state index in [2.05, 4.69) is 21.7 Å². The van der Waals surface area contributed by atoms with E-state index in [0.717, 1.165) is 16.3 Å². The molecule has 3 aromatic rings. The van der Waals surface area contributed by atoms with Gasteiger partial charge < -0.3 is 5.32 Å². The van der Waals surface area contributed by atoms with Crippen molar-refractivity contribution in [2.75, 3.05) is 0 Å². The highest BCUT2D eigenvalue weighted by Gasteiger charge is 2.20. The summed E-state index contributed by atoms with van der Waals surface area (Å²) in [6.07, 6.45) is 2.11. The standard InChI is InChI=1S/C19H21N5O3/c1-13(25)20-11-18-12-21-23-24(18)17(10-19(26)22-27)9-14-6-7-15-4-2-3-5-16(15)8-14/h2-8,12,17,27H,9-11H2,1H3,(H,20,25)(H,22,26)/t17-/m1/s1. The van der Waals surface area contributed by atoms with Crippen molar-refractivity contribution in [3.05, 3.63) is 59.9 Å². The van der Waals surface area contributed by atoms with Crippen LogP contribution >= 0.6 is 0 Å². The number of fused-ring (bicyclic) bond motifs is 1. The van der Waals surface area contributed by atoms with Gasteiger partial charge in [-0.15, -0.1) is 5.10 Å². The molecule has 0 saturated carbocycles. The Bertz CT molecular complexity index is 953. The fourth-order valence-corrected chi connectivity index (χ4v) is 3.06. The van der Waals surface area contributed by atoms with Gasteiger partial charge >= 0.3 is 0 Å². The minimum Gasteiger partial charge on any atom is -0.351 e. The number of carbonyl (C=O) groups excluding carboxylic acids is 2. The molecule has 0 aliphatic carbocycles. The largest absolute Gasteiger partial charge is 0.351 e. The topological polar surface area (TPSA) is 109 Å². The van der Waals surface area contributed by atoms with Gasteiger partial charge in [0.15, 0.2) is 0 Å². The molecule has 1 atom stereocenters. The third-order valence-electron chi connectivity index (χ3n) is 4.34. The van der Waals surface area contributed by atoms with Gasteiger partial charge in [-0.25, -0.2) is 10.2 Å². The summed E-state index contributed by atoms with van der Waals surface area (Å²) >= 11 is 0. The van der Waals surface area contributed by atoms with E-state index in [1.807, 2.05) is 36.4 Å². The van der Waals surface area contributed by atoms with E-state index in [4.69, 9.17) is 5.21 Å². The molecular weight excluding hydrogens is 346 g/mol. The molecule has 0 spiro atoms. The molecule has 0 radical (unpaired) electrons. The molecule has 8 heteroatoms. The fraction of sp³-hybridized carbons (Fsp3) is 0.263. The van der Waals surface area contributed by atoms with Crippen LogP contribution in [0.2, 0.25) is 0 Å². The Morgan fingerprint density at radius 1 is 1.19 bits per heavy atom. The first-order valence-corrected chi connectivity index (χ1v) is 8.61. The van der Waals surface area contributed by atoms with E-state index in [9.17, 15) is 9.59 Å². The first kappa shape index (κ1) is 18.5. The van der Waals surface area contributed by atoms with E-state index in [1.54, 1.807) is 16.4 Å². The summed E-state index contributed by atoms with van der Waals surface area (Å²) in [6, 6.07) is 13.8. The van der Waals surface area contributed by atoms with Crippen LogP contribution < -0.4 is 10.8 Å². The Balaban J connectivity index is 1.88. The normalized spacial score (nSPS) is 11.9. The van der Waals surface area contributed by atoms with Gasteiger partial charge in [0.1, 0.15) is 0 Å². The lowest BCUT2D eigenvalue weighted by Crippen LogP contribution is -2.28. The number of amides is 2. The van der Waals surface area contributed by atoms with Crippen molar-refractivity contribution in [2.45, 2.75) is 32.4 Å². The van der Waals surface area contributed by atoms with Gasteiger partial charge in [-0.3, -0.25) is 14.8 Å². The number of aromatic nitrogens is 3. The molecule has 0 saturated heterocycles. The number of nitrogens with zero attached hydrogens (tertiary/aromatic N) is 3. The first-order valence-electron chi connectivity index (χ1n) is 8.61. The number of hydrogen-bond acceptors (Lipinski definition) is 5. The van der Waals surface area contributed by atoms with Crippen LogP contribution in [0, 0.1) is 0 Å². The maximum atomic E-state index is 11.8. The van der Waals surface area contributed by atoms with Crippen molar-refractivity contribution < 1.29 is 14.8 Å². The number of hydrogen-bond donors (Lipinski definition) is 3. The monoisotopic (exact) mass is 367 g/mol. The number of hydroxylamine groups is 1. The summed E-state index contributed by atoms with van der Waals surface area (Å²) < 4.78 is 1.63. The lowest BCUT2D eigenvalue weighted by molar-refractivity contribution is -0.130. The van der Waals surface area contributed by atoms with Gasteiger partial charge in [0.2, 0.25) is 11.8 Å². The molecule has 2 amide bonds. The number of carbonyl (C=O) groups is 2. The predicted molar refractivity (Wildman–Crippen MR) is 98.8 cm³/mol. The molecule has 140 valence electrons. The second-order valence-corrected chi connectivity index (χ2v) is 6.36. The second kappa shape index (κ2) is 8.41. The number of rotatable bonds is 7. The van der Waals surface area contributed by atoms with Crippen LogP contribution in [0.4, 0.5) is 0 Å². The Labute approximate surface area is 156 Å². The minimum atomic E-state index is -0.512. The van der Waals surface area contributed by atoms with Crippen LogP contribution in [0.5, 0.6) is 0 Å². The summed E-state index contributed by atoms with van der Waals surface area (Å²) in [5.41, 5.74) is 3.39. The van der Waals surface area contributed by atoms with E-state index in [-0.39, 0.29) is 24.9 Å². The molecule has 3 rings (SSSR count). The van der Waals surface area contributed by atoms with Gasteiger partial charge in [-0.1, -0.05) is 47.7 Å². The molecule has 0 fully saturated rings. The highest BCUT2D eigenvalue weighted by atomic mass is 16.5. The van der Waals surface area contributed by atoms with Crippen molar-refractivity contribution in [3.8, 4) is 0 Å². The summed E-state index contributed by atoms with van der Waals surface area (Å²) in [5, 5.41) is 21.9. The molecule has 0 unspecified atom stereocenters. The van der Waals surface area contributed by atoms with Gasteiger partial charge in [0, 0.05) is 6.92 Å². The SMILES string of the molecule is CC(=O)NCc1cnnn1[C@@H](CC(=O)NO)Cc1ccc2ccccc2c1. The summed E-state index contributed by atoms with van der Waals surface area (Å²) in [6.45, 7) is 1.69. The van der Waals surface area contributed by atoms with E-state index < -0.39 is 5.91 Å². The molecular formula is C19H21N5O3. The maximum Gasteiger partial charge on any atom is 0.245 e. The maximum absolute atomic E-state index is 11.8. The number of benzene rings is 2. The van der Waals surface area contributed by atoms with Crippen molar-refractivity contribution in [1.82, 2.24) is 25.8 Å². The zero-order valence-electron chi connectivity index (χ0n) is 14.9. The van der Waals surface area contributed by atoms with E-state index in [1.165, 1.54) is 6.92 Å². The first-order chi connectivity index (χ1) is 13.1. The molecule has 1 aromatic heterocycles. The zero-order valence-corrected chi connectivity index (χ0v) is 14.9. The van der Waals surface area contributed by atoms with Gasteiger partial charge in [0.25, 0.3) is 0 Å². The zero-order chi connectivity index (χ0) is 19.2. The lowest BCUT2D eigenvalue weighted by atomic mass is 9.99. The molecule has 2 aromatic carbocycles. The van der Waals surface area contributed by atoms with E-state index in [0.29, 0.717) is 12.1 Å². The highest BCUT2D eigenvalue weighted by molar-refractivity contribution is 5.83. The van der Waals surface area contributed by atoms with Crippen LogP contribution in [0.15, 0.2) is 48.7 Å². The van der Waals surface area contributed by atoms with Crippen LogP contribution in [0.25, 0.3) is 10.8 Å². The average molecular weight is 367 g/mol. The Morgan fingerprint density at radius 2 is 1.96 bits per heavy atom. The minimum absolute atomic E-state index is 0.0275. The Kier molecular flexibility index (Phi) is 5.77. The van der Waals surface area contributed by atoms with Crippen molar-refractivity contribution in [1.29, 1.82) is 0 Å². The van der Waals surface area contributed by atoms with Crippen molar-refractivity contribution in [3.63, 3.8) is 0 Å². The molecule has 3 N–H and O–H groups in total. The summed E-state index contributed by atoms with van der Waals surface area (Å²) in [7, 11) is 0. The van der Waals surface area contributed by atoms with E-state index >= 15 is 0 Å². The van der Waals surface area contributed by atoms with Crippen LogP contribution in [0.1, 0.15) is 30.6 Å². The lowest BCUT2D eigenvalue weighted by Gasteiger charge is -2.19. The van der Waals surface area contributed by atoms with Crippen LogP contribution in [-0.4, -0.2) is 32.0 Å². The quantitative estimate of drug-likeness (QED) is 0.435. The van der Waals surface area contributed by atoms with Crippen molar-refractivity contribution in [2.24, 2.45) is 0 Å². The highest BCUT2D eigenvalue weighted by Crippen LogP contribution is 2.22. The number of nitrogens with one attached hydrogen (secondary N) is 2. The smallest absolute Gasteiger partial charge is 0.245 e. The second-order valence-electron chi connectivity index (χ2n) is 6.36. The summed E-state index contributed by atoms with van der Waals surface area (Å²) in [5.74, 6) is -0.677. The molecule has 0 bridgehead atoms. The molecule has 8 nitrogen and oxygen atoms in total. The summed E-state index contributed by atoms with van der Waals surface area (Å²) in [4.78, 5) is 23.0. The molecule has 0 aliphatic heterocycles. The molecule has 1 heterocycles. The Morgan fingerprint density at radius 3 is 2.70 bits per heavy atom. The van der Waals surface area contributed by atoms with Gasteiger partial charge in [0.05, 0.1) is 30.9 Å². The third-order valence-corrected chi connectivity index (χ3v) is 4.34. The Hall–Kier alpha value is -3.26. The fourth-order valence-electron chi connectivity index (χ4n) is 3.06. The molecule has 0 aliphatic rings. The van der Waals surface area contributed by atoms with Gasteiger partial charge in [-0.05, 0) is 22.8 Å². The predicted octanol–water partition coefficient (Wildman–Crippen LogP) is 1.75. The van der Waals surface area contributed by atoms with Crippen LogP contribution in [-0.2, 0) is 22.6 Å². The van der Waals surface area contributed by atoms with Gasteiger partial charge in [-0.2, -0.15) is 0 Å². The third kappa shape index (κ3) is 4.68. The van der Waals surface area contributed by atoms with Crippen molar-refractivity contribution >= 4 is 22.6 Å². The average Bonchev–Trinajstić information content (AvgIpc) is 3.14.